The van der Waals surface area contributed by atoms with Crippen LogP contribution in [0.15, 0.2) is 36.5 Å². The second-order valence-corrected chi connectivity index (χ2v) is 4.40. The molecule has 1 aliphatic rings. The first-order valence-corrected chi connectivity index (χ1v) is 6.04. The summed E-state index contributed by atoms with van der Waals surface area (Å²) in [6, 6.07) is 10.6. The second-order valence-electron chi connectivity index (χ2n) is 4.40. The van der Waals surface area contributed by atoms with E-state index in [1.54, 1.807) is 0 Å². The molecule has 1 fully saturated rings. The van der Waals surface area contributed by atoms with E-state index in [4.69, 9.17) is 0 Å². The summed E-state index contributed by atoms with van der Waals surface area (Å²) >= 11 is 0. The lowest BCUT2D eigenvalue weighted by molar-refractivity contribution is 0.579. The van der Waals surface area contributed by atoms with E-state index in [0.29, 0.717) is 0 Å². The number of benzene rings is 1. The molecule has 0 amide bonds. The zero-order valence-corrected chi connectivity index (χ0v) is 9.39. The highest BCUT2D eigenvalue weighted by Gasteiger charge is 2.13. The Kier molecular flexibility index (Phi) is 2.49. The highest BCUT2D eigenvalue weighted by molar-refractivity contribution is 5.90. The summed E-state index contributed by atoms with van der Waals surface area (Å²) in [6.45, 7) is 2.35. The van der Waals surface area contributed by atoms with E-state index in [1.165, 1.54) is 43.4 Å². The maximum atomic E-state index is 4.51. The van der Waals surface area contributed by atoms with E-state index in [2.05, 4.69) is 34.1 Å². The smallest absolute Gasteiger partial charge is 0.0935 e. The summed E-state index contributed by atoms with van der Waals surface area (Å²) in [4.78, 5) is 6.99. The van der Waals surface area contributed by atoms with Gasteiger partial charge in [-0.3, -0.25) is 4.98 Å². The fourth-order valence-corrected chi connectivity index (χ4v) is 2.48. The zero-order chi connectivity index (χ0) is 10.8. The van der Waals surface area contributed by atoms with Crippen molar-refractivity contribution in [1.82, 2.24) is 4.98 Å². The van der Waals surface area contributed by atoms with Crippen molar-refractivity contribution in [1.29, 1.82) is 0 Å². The molecule has 0 spiro atoms. The van der Waals surface area contributed by atoms with Gasteiger partial charge in [0, 0.05) is 24.7 Å². The average Bonchev–Trinajstić information content (AvgIpc) is 2.39. The lowest BCUT2D eigenvalue weighted by Crippen LogP contribution is -2.29. The van der Waals surface area contributed by atoms with Crippen molar-refractivity contribution in [3.8, 4) is 0 Å². The third kappa shape index (κ3) is 1.64. The van der Waals surface area contributed by atoms with Crippen LogP contribution in [0, 0.1) is 0 Å². The van der Waals surface area contributed by atoms with Gasteiger partial charge >= 0.3 is 0 Å². The molecule has 2 heteroatoms. The number of rotatable bonds is 1. The molecular weight excluding hydrogens is 196 g/mol. The Labute approximate surface area is 95.9 Å². The standard InChI is InChI=1S/C14H16N2/c1-2-10-16(11-3-1)13-8-4-6-12-7-5-9-15-14(12)13/h4-9H,1-3,10-11H2. The zero-order valence-electron chi connectivity index (χ0n) is 9.39. The molecule has 0 saturated carbocycles. The maximum Gasteiger partial charge on any atom is 0.0935 e. The molecule has 82 valence electrons. The predicted octanol–water partition coefficient (Wildman–Crippen LogP) is 3.23. The third-order valence-corrected chi connectivity index (χ3v) is 3.31. The van der Waals surface area contributed by atoms with Crippen LogP contribution in [0.3, 0.4) is 0 Å². The number of aromatic nitrogens is 1. The highest BCUT2D eigenvalue weighted by Crippen LogP contribution is 2.26. The van der Waals surface area contributed by atoms with Gasteiger partial charge in [-0.25, -0.2) is 0 Å². The van der Waals surface area contributed by atoms with Gasteiger partial charge in [0.2, 0.25) is 0 Å². The summed E-state index contributed by atoms with van der Waals surface area (Å²) in [5.74, 6) is 0. The lowest BCUT2D eigenvalue weighted by atomic mass is 10.1. The molecule has 0 atom stereocenters. The van der Waals surface area contributed by atoms with Crippen molar-refractivity contribution >= 4 is 16.6 Å². The second kappa shape index (κ2) is 4.12. The van der Waals surface area contributed by atoms with E-state index in [1.807, 2.05) is 12.3 Å². The van der Waals surface area contributed by atoms with E-state index < -0.39 is 0 Å². The van der Waals surface area contributed by atoms with Crippen LogP contribution in [0.4, 0.5) is 5.69 Å². The topological polar surface area (TPSA) is 16.1 Å². The third-order valence-electron chi connectivity index (χ3n) is 3.31. The minimum Gasteiger partial charge on any atom is -0.370 e. The Morgan fingerprint density at radius 3 is 2.62 bits per heavy atom. The molecule has 1 aliphatic heterocycles. The van der Waals surface area contributed by atoms with Gasteiger partial charge in [-0.2, -0.15) is 0 Å². The molecule has 0 unspecified atom stereocenters. The molecule has 2 aromatic rings. The molecule has 0 radical (unpaired) electrons. The first-order chi connectivity index (χ1) is 7.95. The first kappa shape index (κ1) is 9.64. The van der Waals surface area contributed by atoms with Crippen molar-refractivity contribution in [3.63, 3.8) is 0 Å². The normalized spacial score (nSPS) is 16.6. The molecule has 16 heavy (non-hydrogen) atoms. The van der Waals surface area contributed by atoms with Crippen molar-refractivity contribution < 1.29 is 0 Å². The van der Waals surface area contributed by atoms with Gasteiger partial charge < -0.3 is 4.90 Å². The van der Waals surface area contributed by atoms with Crippen molar-refractivity contribution in [2.45, 2.75) is 19.3 Å². The van der Waals surface area contributed by atoms with Gasteiger partial charge in [-0.1, -0.05) is 18.2 Å². The molecule has 1 saturated heterocycles. The number of nitrogens with zero attached hydrogens (tertiary/aromatic N) is 2. The number of pyridine rings is 1. The van der Waals surface area contributed by atoms with Gasteiger partial charge in [0.1, 0.15) is 0 Å². The van der Waals surface area contributed by atoms with Gasteiger partial charge in [-0.05, 0) is 31.4 Å². The van der Waals surface area contributed by atoms with Gasteiger partial charge in [0.05, 0.1) is 11.2 Å². The van der Waals surface area contributed by atoms with E-state index in [0.717, 1.165) is 5.52 Å². The number of hydrogen-bond donors (Lipinski definition) is 0. The van der Waals surface area contributed by atoms with Gasteiger partial charge in [0.25, 0.3) is 0 Å². The summed E-state index contributed by atoms with van der Waals surface area (Å²) in [6.07, 6.45) is 5.87. The Bertz CT molecular complexity index is 482. The Hall–Kier alpha value is -1.57. The maximum absolute atomic E-state index is 4.51. The first-order valence-electron chi connectivity index (χ1n) is 6.04. The fraction of sp³-hybridized carbons (Fsp3) is 0.357. The quantitative estimate of drug-likeness (QED) is 0.721. The minimum atomic E-state index is 1.15. The molecule has 0 aliphatic carbocycles. The lowest BCUT2D eigenvalue weighted by Gasteiger charge is -2.29. The molecule has 2 heterocycles. The van der Waals surface area contributed by atoms with Crippen molar-refractivity contribution in [3.05, 3.63) is 36.5 Å². The molecule has 3 rings (SSSR count). The van der Waals surface area contributed by atoms with Crippen LogP contribution in [0.1, 0.15) is 19.3 Å². The van der Waals surface area contributed by atoms with Crippen LogP contribution in [0.25, 0.3) is 10.9 Å². The highest BCUT2D eigenvalue weighted by atomic mass is 15.1. The van der Waals surface area contributed by atoms with E-state index in [-0.39, 0.29) is 0 Å². The number of para-hydroxylation sites is 1. The van der Waals surface area contributed by atoms with Crippen LogP contribution in [0.5, 0.6) is 0 Å². The predicted molar refractivity (Wildman–Crippen MR) is 67.8 cm³/mol. The van der Waals surface area contributed by atoms with Crippen LogP contribution in [-0.2, 0) is 0 Å². The Morgan fingerprint density at radius 2 is 1.75 bits per heavy atom. The van der Waals surface area contributed by atoms with Crippen LogP contribution >= 0.6 is 0 Å². The molecule has 0 N–H and O–H groups in total. The fourth-order valence-electron chi connectivity index (χ4n) is 2.48. The van der Waals surface area contributed by atoms with E-state index in [9.17, 15) is 0 Å². The molecule has 1 aromatic carbocycles. The van der Waals surface area contributed by atoms with Crippen LogP contribution < -0.4 is 4.90 Å². The molecular formula is C14H16N2. The average molecular weight is 212 g/mol. The van der Waals surface area contributed by atoms with Gasteiger partial charge in [-0.15, -0.1) is 0 Å². The summed E-state index contributed by atoms with van der Waals surface area (Å²) < 4.78 is 0. The minimum absolute atomic E-state index is 1.15. The largest absolute Gasteiger partial charge is 0.370 e. The molecule has 1 aromatic heterocycles. The number of fused-ring (bicyclic) bond motifs is 1. The monoisotopic (exact) mass is 212 g/mol. The number of hydrogen-bond acceptors (Lipinski definition) is 2. The molecule has 0 bridgehead atoms. The van der Waals surface area contributed by atoms with Crippen molar-refractivity contribution in [2.75, 3.05) is 18.0 Å². The van der Waals surface area contributed by atoms with E-state index >= 15 is 0 Å². The van der Waals surface area contributed by atoms with Crippen LogP contribution in [0.2, 0.25) is 0 Å². The Morgan fingerprint density at radius 1 is 0.938 bits per heavy atom. The Balaban J connectivity index is 2.08. The van der Waals surface area contributed by atoms with Gasteiger partial charge in [0.15, 0.2) is 0 Å². The summed E-state index contributed by atoms with van der Waals surface area (Å²) in [5, 5.41) is 1.24. The van der Waals surface area contributed by atoms with Crippen molar-refractivity contribution in [2.24, 2.45) is 0 Å². The SMILES string of the molecule is c1cnc2c(N3CCCCC3)cccc2c1. The summed E-state index contributed by atoms with van der Waals surface area (Å²) in [5.41, 5.74) is 2.45. The number of piperidine rings is 1. The molecule has 2 nitrogen and oxygen atoms in total. The summed E-state index contributed by atoms with van der Waals surface area (Å²) in [7, 11) is 0. The number of anilines is 1. The van der Waals surface area contributed by atoms with Crippen LogP contribution in [-0.4, -0.2) is 18.1 Å².